The molecule has 0 saturated heterocycles. The molecule has 2 unspecified atom stereocenters. The van der Waals surface area contributed by atoms with Crippen molar-refractivity contribution < 1.29 is 4.21 Å². The van der Waals surface area contributed by atoms with Gasteiger partial charge in [0.2, 0.25) is 0 Å². The van der Waals surface area contributed by atoms with Gasteiger partial charge in [0, 0.05) is 28.9 Å². The second kappa shape index (κ2) is 5.84. The van der Waals surface area contributed by atoms with Gasteiger partial charge in [-0.15, -0.1) is 0 Å². The van der Waals surface area contributed by atoms with Crippen molar-refractivity contribution in [1.82, 2.24) is 4.98 Å². The summed E-state index contributed by atoms with van der Waals surface area (Å²) in [5.74, 6) is 1.53. The van der Waals surface area contributed by atoms with Crippen LogP contribution in [-0.2, 0) is 10.8 Å². The molecule has 0 amide bonds. The van der Waals surface area contributed by atoms with Gasteiger partial charge in [0.15, 0.2) is 0 Å². The molecule has 1 rings (SSSR count). The van der Waals surface area contributed by atoms with Gasteiger partial charge in [-0.3, -0.25) is 4.21 Å². The molecule has 0 saturated carbocycles. The highest BCUT2D eigenvalue weighted by Crippen LogP contribution is 2.13. The molecule has 5 heteroatoms. The molecular weight excluding hydrogens is 222 g/mol. The Labute approximate surface area is 99.1 Å². The summed E-state index contributed by atoms with van der Waals surface area (Å²) in [5.41, 5.74) is 7.22. The van der Waals surface area contributed by atoms with Crippen molar-refractivity contribution in [2.75, 3.05) is 23.1 Å². The second-order valence-electron chi connectivity index (χ2n) is 3.98. The third-order valence-electron chi connectivity index (χ3n) is 2.36. The lowest BCUT2D eigenvalue weighted by Gasteiger charge is -2.14. The number of pyridine rings is 1. The smallest absolute Gasteiger partial charge is 0.126 e. The van der Waals surface area contributed by atoms with E-state index in [1.165, 1.54) is 0 Å². The summed E-state index contributed by atoms with van der Waals surface area (Å²) >= 11 is 0. The van der Waals surface area contributed by atoms with Crippen LogP contribution in [0.15, 0.2) is 12.1 Å². The van der Waals surface area contributed by atoms with Gasteiger partial charge in [-0.25, -0.2) is 4.98 Å². The third-order valence-corrected chi connectivity index (χ3v) is 3.17. The van der Waals surface area contributed by atoms with Crippen molar-refractivity contribution in [3.05, 3.63) is 17.8 Å². The molecule has 0 aliphatic heterocycles. The van der Waals surface area contributed by atoms with E-state index in [1.807, 2.05) is 19.1 Å². The number of aryl methyl sites for hydroxylation is 1. The molecule has 0 radical (unpaired) electrons. The van der Waals surface area contributed by atoms with E-state index in [2.05, 4.69) is 17.2 Å². The predicted octanol–water partition coefficient (Wildman–Crippen LogP) is 1.54. The molecule has 0 fully saturated rings. The van der Waals surface area contributed by atoms with E-state index in [9.17, 15) is 4.21 Å². The lowest BCUT2D eigenvalue weighted by atomic mass is 10.2. The van der Waals surface area contributed by atoms with Gasteiger partial charge in [-0.2, -0.15) is 0 Å². The standard InChI is InChI=1S/C11H19N3OS/c1-8(6-7-16(3)15)13-11-5-4-10(12)9(2)14-11/h4-5,8H,6-7,12H2,1-3H3,(H,13,14). The average molecular weight is 241 g/mol. The van der Waals surface area contributed by atoms with Crippen molar-refractivity contribution in [2.45, 2.75) is 26.3 Å². The Balaban J connectivity index is 2.52. The van der Waals surface area contributed by atoms with Crippen LogP contribution < -0.4 is 11.1 Å². The highest BCUT2D eigenvalue weighted by atomic mass is 32.2. The maximum absolute atomic E-state index is 11.0. The Morgan fingerprint density at radius 1 is 1.56 bits per heavy atom. The first kappa shape index (κ1) is 13.0. The summed E-state index contributed by atoms with van der Waals surface area (Å²) in [4.78, 5) is 4.33. The van der Waals surface area contributed by atoms with Crippen LogP contribution in [0.3, 0.4) is 0 Å². The Morgan fingerprint density at radius 2 is 2.25 bits per heavy atom. The minimum Gasteiger partial charge on any atom is -0.397 e. The van der Waals surface area contributed by atoms with Gasteiger partial charge >= 0.3 is 0 Å². The van der Waals surface area contributed by atoms with E-state index in [4.69, 9.17) is 5.73 Å². The quantitative estimate of drug-likeness (QED) is 0.820. The number of nitrogens with zero attached hydrogens (tertiary/aromatic N) is 1. The molecule has 1 heterocycles. The van der Waals surface area contributed by atoms with E-state index >= 15 is 0 Å². The van der Waals surface area contributed by atoms with Gasteiger partial charge in [0.25, 0.3) is 0 Å². The molecule has 1 aromatic heterocycles. The molecular formula is C11H19N3OS. The van der Waals surface area contributed by atoms with Crippen LogP contribution in [0.4, 0.5) is 11.5 Å². The molecule has 0 bridgehead atoms. The molecule has 4 nitrogen and oxygen atoms in total. The van der Waals surface area contributed by atoms with Crippen LogP contribution in [0.2, 0.25) is 0 Å². The van der Waals surface area contributed by atoms with E-state index in [0.29, 0.717) is 11.4 Å². The number of hydrogen-bond acceptors (Lipinski definition) is 4. The maximum Gasteiger partial charge on any atom is 0.126 e. The number of hydrogen-bond donors (Lipinski definition) is 2. The van der Waals surface area contributed by atoms with Crippen molar-refractivity contribution >= 4 is 22.3 Å². The summed E-state index contributed by atoms with van der Waals surface area (Å²) in [6.45, 7) is 3.94. The Bertz CT molecular complexity index is 381. The SMILES string of the molecule is Cc1nc(NC(C)CCS(C)=O)ccc1N. The summed E-state index contributed by atoms with van der Waals surface area (Å²) in [5, 5.41) is 3.26. The van der Waals surface area contributed by atoms with Gasteiger partial charge in [-0.1, -0.05) is 0 Å². The number of rotatable bonds is 5. The molecule has 2 atom stereocenters. The van der Waals surface area contributed by atoms with Crippen molar-refractivity contribution in [2.24, 2.45) is 0 Å². The molecule has 3 N–H and O–H groups in total. The van der Waals surface area contributed by atoms with E-state index in [0.717, 1.165) is 17.9 Å². The van der Waals surface area contributed by atoms with Crippen LogP contribution in [0.25, 0.3) is 0 Å². The number of aromatic nitrogens is 1. The van der Waals surface area contributed by atoms with E-state index in [1.54, 1.807) is 6.26 Å². The number of nitrogen functional groups attached to an aromatic ring is 1. The topological polar surface area (TPSA) is 68.0 Å². The van der Waals surface area contributed by atoms with Crippen LogP contribution >= 0.6 is 0 Å². The van der Waals surface area contributed by atoms with Gasteiger partial charge in [0.05, 0.1) is 11.4 Å². The van der Waals surface area contributed by atoms with Crippen LogP contribution in [0.1, 0.15) is 19.0 Å². The third kappa shape index (κ3) is 4.18. The van der Waals surface area contributed by atoms with Crippen LogP contribution in [0, 0.1) is 6.92 Å². The molecule has 16 heavy (non-hydrogen) atoms. The molecule has 1 aromatic rings. The zero-order valence-corrected chi connectivity index (χ0v) is 10.8. The Hall–Kier alpha value is -1.10. The van der Waals surface area contributed by atoms with Gasteiger partial charge in [-0.05, 0) is 32.4 Å². The predicted molar refractivity (Wildman–Crippen MR) is 70.0 cm³/mol. The molecule has 0 aliphatic rings. The van der Waals surface area contributed by atoms with Crippen LogP contribution in [0.5, 0.6) is 0 Å². The Kier molecular flexibility index (Phi) is 4.73. The van der Waals surface area contributed by atoms with Gasteiger partial charge in [0.1, 0.15) is 5.82 Å². The number of nitrogens with two attached hydrogens (primary N) is 1. The number of anilines is 2. The molecule has 90 valence electrons. The van der Waals surface area contributed by atoms with Crippen molar-refractivity contribution in [3.8, 4) is 0 Å². The average Bonchev–Trinajstić information content (AvgIpc) is 2.21. The number of nitrogens with one attached hydrogen (secondary N) is 1. The lowest BCUT2D eigenvalue weighted by molar-refractivity contribution is 0.678. The summed E-state index contributed by atoms with van der Waals surface area (Å²) < 4.78 is 11.0. The summed E-state index contributed by atoms with van der Waals surface area (Å²) in [6, 6.07) is 3.97. The van der Waals surface area contributed by atoms with Gasteiger partial charge < -0.3 is 11.1 Å². The Morgan fingerprint density at radius 3 is 2.81 bits per heavy atom. The van der Waals surface area contributed by atoms with Crippen molar-refractivity contribution in [1.29, 1.82) is 0 Å². The van der Waals surface area contributed by atoms with E-state index in [-0.39, 0.29) is 6.04 Å². The summed E-state index contributed by atoms with van der Waals surface area (Å²) in [7, 11) is -0.733. The second-order valence-corrected chi connectivity index (χ2v) is 5.54. The first-order valence-corrected chi connectivity index (χ1v) is 7.01. The highest BCUT2D eigenvalue weighted by Gasteiger charge is 2.05. The first-order valence-electron chi connectivity index (χ1n) is 5.28. The fourth-order valence-electron chi connectivity index (χ4n) is 1.32. The molecule has 0 aliphatic carbocycles. The largest absolute Gasteiger partial charge is 0.397 e. The molecule has 0 aromatic carbocycles. The summed E-state index contributed by atoms with van der Waals surface area (Å²) in [6.07, 6.45) is 2.59. The van der Waals surface area contributed by atoms with E-state index < -0.39 is 10.8 Å². The fraction of sp³-hybridized carbons (Fsp3) is 0.545. The maximum atomic E-state index is 11.0. The first-order chi connectivity index (χ1) is 7.49. The minimum atomic E-state index is -0.733. The monoisotopic (exact) mass is 241 g/mol. The van der Waals surface area contributed by atoms with Crippen LogP contribution in [-0.4, -0.2) is 27.2 Å². The molecule has 0 spiro atoms. The van der Waals surface area contributed by atoms with Crippen molar-refractivity contribution in [3.63, 3.8) is 0 Å². The highest BCUT2D eigenvalue weighted by molar-refractivity contribution is 7.84. The lowest BCUT2D eigenvalue weighted by Crippen LogP contribution is -2.18. The normalized spacial score (nSPS) is 14.4. The zero-order chi connectivity index (χ0) is 12.1. The zero-order valence-electron chi connectivity index (χ0n) is 9.99. The minimum absolute atomic E-state index is 0.263. The fourth-order valence-corrected chi connectivity index (χ4v) is 2.01.